The summed E-state index contributed by atoms with van der Waals surface area (Å²) in [7, 11) is 0. The van der Waals surface area contributed by atoms with E-state index in [9.17, 15) is 9.59 Å². The lowest BCUT2D eigenvalue weighted by molar-refractivity contribution is -0.138. The van der Waals surface area contributed by atoms with Gasteiger partial charge in [0, 0.05) is 6.61 Å². The molecule has 1 heterocycles. The summed E-state index contributed by atoms with van der Waals surface area (Å²) in [5, 5.41) is 8.79. The number of hydrogen-bond acceptors (Lipinski definition) is 4. The molecule has 1 aliphatic rings. The third-order valence-corrected chi connectivity index (χ3v) is 2.54. The van der Waals surface area contributed by atoms with Crippen LogP contribution in [0.2, 0.25) is 0 Å². The number of nitrogens with zero attached hydrogens (tertiary/aromatic N) is 1. The SMILES string of the molecule is O=C1COCC(=O)N1c1ccc(CCO)cc1. The summed E-state index contributed by atoms with van der Waals surface area (Å²) in [6.07, 6.45) is 0.561. The van der Waals surface area contributed by atoms with Crippen LogP contribution in [0.3, 0.4) is 0 Å². The lowest BCUT2D eigenvalue weighted by Gasteiger charge is -2.24. The molecular weight excluding hydrogens is 222 g/mol. The van der Waals surface area contributed by atoms with Crippen molar-refractivity contribution >= 4 is 17.5 Å². The van der Waals surface area contributed by atoms with Crippen molar-refractivity contribution in [1.29, 1.82) is 0 Å². The van der Waals surface area contributed by atoms with E-state index in [0.29, 0.717) is 12.1 Å². The Morgan fingerprint density at radius 2 is 1.71 bits per heavy atom. The van der Waals surface area contributed by atoms with Gasteiger partial charge in [-0.25, -0.2) is 4.90 Å². The van der Waals surface area contributed by atoms with E-state index in [1.165, 1.54) is 0 Å². The van der Waals surface area contributed by atoms with Crippen molar-refractivity contribution in [3.05, 3.63) is 29.8 Å². The predicted molar refractivity (Wildman–Crippen MR) is 60.5 cm³/mol. The number of aliphatic hydroxyl groups is 1. The standard InChI is InChI=1S/C12H13NO4/c14-6-5-9-1-3-10(4-2-9)13-11(15)7-17-8-12(13)16/h1-4,14H,5-8H2. The average Bonchev–Trinajstić information content (AvgIpc) is 2.31. The molecule has 1 N–H and O–H groups in total. The number of carbonyl (C=O) groups excluding carboxylic acids is 2. The summed E-state index contributed by atoms with van der Waals surface area (Å²) in [4.78, 5) is 24.2. The maximum absolute atomic E-state index is 11.6. The van der Waals surface area contributed by atoms with Crippen molar-refractivity contribution < 1.29 is 19.4 Å². The van der Waals surface area contributed by atoms with Crippen molar-refractivity contribution in [3.8, 4) is 0 Å². The summed E-state index contributed by atoms with van der Waals surface area (Å²) >= 11 is 0. The van der Waals surface area contributed by atoms with Crippen molar-refractivity contribution in [2.45, 2.75) is 6.42 Å². The number of hydrogen-bond donors (Lipinski definition) is 1. The van der Waals surface area contributed by atoms with Crippen LogP contribution in [0.4, 0.5) is 5.69 Å². The molecule has 0 aromatic heterocycles. The van der Waals surface area contributed by atoms with Gasteiger partial charge in [0.25, 0.3) is 11.8 Å². The number of imide groups is 1. The quantitative estimate of drug-likeness (QED) is 0.755. The summed E-state index contributed by atoms with van der Waals surface area (Å²) in [5.41, 5.74) is 1.51. The number of amides is 2. The molecule has 5 nitrogen and oxygen atoms in total. The lowest BCUT2D eigenvalue weighted by Crippen LogP contribution is -2.46. The summed E-state index contributed by atoms with van der Waals surface area (Å²) < 4.78 is 4.83. The zero-order valence-corrected chi connectivity index (χ0v) is 9.26. The zero-order valence-electron chi connectivity index (χ0n) is 9.26. The topological polar surface area (TPSA) is 66.8 Å². The molecule has 1 saturated heterocycles. The molecule has 0 aliphatic carbocycles. The molecule has 0 saturated carbocycles. The van der Waals surface area contributed by atoms with Crippen LogP contribution in [0.5, 0.6) is 0 Å². The van der Waals surface area contributed by atoms with Crippen LogP contribution in [0.15, 0.2) is 24.3 Å². The van der Waals surface area contributed by atoms with Gasteiger partial charge < -0.3 is 9.84 Å². The molecule has 0 atom stereocenters. The van der Waals surface area contributed by atoms with Crippen LogP contribution >= 0.6 is 0 Å². The number of ether oxygens (including phenoxy) is 1. The smallest absolute Gasteiger partial charge is 0.259 e. The highest BCUT2D eigenvalue weighted by atomic mass is 16.5. The van der Waals surface area contributed by atoms with Crippen molar-refractivity contribution in [2.24, 2.45) is 0 Å². The van der Waals surface area contributed by atoms with Gasteiger partial charge in [-0.05, 0) is 24.1 Å². The second-order valence-corrected chi connectivity index (χ2v) is 3.76. The monoisotopic (exact) mass is 235 g/mol. The number of rotatable bonds is 3. The first kappa shape index (κ1) is 11.8. The maximum atomic E-state index is 11.6. The Bertz CT molecular complexity index is 411. The summed E-state index contributed by atoms with van der Waals surface area (Å²) in [6, 6.07) is 6.99. The van der Waals surface area contributed by atoms with E-state index in [1.54, 1.807) is 24.3 Å². The minimum absolute atomic E-state index is 0.0653. The Hall–Kier alpha value is -1.72. The molecular formula is C12H13NO4. The zero-order chi connectivity index (χ0) is 12.3. The van der Waals surface area contributed by atoms with Crippen LogP contribution in [0.1, 0.15) is 5.56 Å². The summed E-state index contributed by atoms with van der Waals surface area (Å²) in [5.74, 6) is -0.702. The Balaban J connectivity index is 2.20. The molecule has 5 heteroatoms. The second kappa shape index (κ2) is 5.07. The molecule has 0 bridgehead atoms. The second-order valence-electron chi connectivity index (χ2n) is 3.76. The van der Waals surface area contributed by atoms with E-state index in [2.05, 4.69) is 0 Å². The fourth-order valence-corrected chi connectivity index (χ4v) is 1.72. The number of aliphatic hydroxyl groups excluding tert-OH is 1. The predicted octanol–water partition coefficient (Wildman–Crippen LogP) is 0.111. The number of morpholine rings is 1. The number of benzene rings is 1. The van der Waals surface area contributed by atoms with Crippen LogP contribution < -0.4 is 4.90 Å². The molecule has 1 aliphatic heterocycles. The van der Waals surface area contributed by atoms with E-state index < -0.39 is 0 Å². The van der Waals surface area contributed by atoms with Crippen molar-refractivity contribution in [2.75, 3.05) is 24.7 Å². The molecule has 2 rings (SSSR count). The van der Waals surface area contributed by atoms with E-state index in [1.807, 2.05) is 0 Å². The van der Waals surface area contributed by atoms with Crippen molar-refractivity contribution in [3.63, 3.8) is 0 Å². The molecule has 0 radical (unpaired) electrons. The van der Waals surface area contributed by atoms with Crippen LogP contribution in [-0.4, -0.2) is 36.7 Å². The van der Waals surface area contributed by atoms with Gasteiger partial charge in [-0.2, -0.15) is 0 Å². The minimum atomic E-state index is -0.351. The minimum Gasteiger partial charge on any atom is -0.396 e. The van der Waals surface area contributed by atoms with Gasteiger partial charge in [-0.1, -0.05) is 12.1 Å². The van der Waals surface area contributed by atoms with E-state index in [4.69, 9.17) is 9.84 Å². The third kappa shape index (κ3) is 2.51. The number of anilines is 1. The first-order chi connectivity index (χ1) is 8.22. The Morgan fingerprint density at radius 1 is 1.12 bits per heavy atom. The highest BCUT2D eigenvalue weighted by Gasteiger charge is 2.27. The Morgan fingerprint density at radius 3 is 2.24 bits per heavy atom. The third-order valence-electron chi connectivity index (χ3n) is 2.54. The lowest BCUT2D eigenvalue weighted by atomic mass is 10.1. The Labute approximate surface area is 98.6 Å². The van der Waals surface area contributed by atoms with Crippen LogP contribution in [-0.2, 0) is 20.7 Å². The molecule has 17 heavy (non-hydrogen) atoms. The van der Waals surface area contributed by atoms with Gasteiger partial charge >= 0.3 is 0 Å². The van der Waals surface area contributed by atoms with Gasteiger partial charge in [0.15, 0.2) is 0 Å². The molecule has 1 aromatic rings. The molecule has 1 aromatic carbocycles. The molecule has 0 unspecified atom stereocenters. The molecule has 0 spiro atoms. The van der Waals surface area contributed by atoms with E-state index in [-0.39, 0.29) is 31.6 Å². The highest BCUT2D eigenvalue weighted by Crippen LogP contribution is 2.18. The van der Waals surface area contributed by atoms with E-state index in [0.717, 1.165) is 10.5 Å². The van der Waals surface area contributed by atoms with Gasteiger partial charge in [0.1, 0.15) is 13.2 Å². The van der Waals surface area contributed by atoms with Gasteiger partial charge in [0.05, 0.1) is 5.69 Å². The fraction of sp³-hybridized carbons (Fsp3) is 0.333. The number of carbonyl (C=O) groups is 2. The molecule has 1 fully saturated rings. The molecule has 90 valence electrons. The normalized spacial score (nSPS) is 16.4. The summed E-state index contributed by atoms with van der Waals surface area (Å²) in [6.45, 7) is -0.0526. The van der Waals surface area contributed by atoms with Crippen molar-refractivity contribution in [1.82, 2.24) is 0 Å². The van der Waals surface area contributed by atoms with Gasteiger partial charge in [0.2, 0.25) is 0 Å². The average molecular weight is 235 g/mol. The van der Waals surface area contributed by atoms with E-state index >= 15 is 0 Å². The molecule has 2 amide bonds. The van der Waals surface area contributed by atoms with Gasteiger partial charge in [-0.3, -0.25) is 9.59 Å². The Kier molecular flexibility index (Phi) is 3.51. The van der Waals surface area contributed by atoms with Crippen LogP contribution in [0, 0.1) is 0 Å². The highest BCUT2D eigenvalue weighted by molar-refractivity contribution is 6.16. The first-order valence-corrected chi connectivity index (χ1v) is 5.35. The van der Waals surface area contributed by atoms with Crippen LogP contribution in [0.25, 0.3) is 0 Å². The fourth-order valence-electron chi connectivity index (χ4n) is 1.72. The van der Waals surface area contributed by atoms with Gasteiger partial charge in [-0.15, -0.1) is 0 Å². The first-order valence-electron chi connectivity index (χ1n) is 5.35. The largest absolute Gasteiger partial charge is 0.396 e. The maximum Gasteiger partial charge on any atom is 0.259 e.